The van der Waals surface area contributed by atoms with Gasteiger partial charge in [-0.25, -0.2) is 0 Å². The molecule has 2 rings (SSSR count). The van der Waals surface area contributed by atoms with E-state index in [0.29, 0.717) is 9.24 Å². The van der Waals surface area contributed by atoms with Gasteiger partial charge in [-0.15, -0.1) is 11.3 Å². The van der Waals surface area contributed by atoms with Gasteiger partial charge in [-0.3, -0.25) is 9.59 Å². The molecule has 1 saturated heterocycles. The summed E-state index contributed by atoms with van der Waals surface area (Å²) >= 11 is 7.00. The van der Waals surface area contributed by atoms with Crippen molar-refractivity contribution in [2.24, 2.45) is 0 Å². The summed E-state index contributed by atoms with van der Waals surface area (Å²) in [6.07, 6.45) is -4.43. The highest BCUT2D eigenvalue weighted by Crippen LogP contribution is 2.23. The van der Waals surface area contributed by atoms with E-state index in [0.717, 1.165) is 4.88 Å². The molecule has 1 aromatic heterocycles. The van der Waals surface area contributed by atoms with E-state index in [2.05, 4.69) is 5.32 Å². The van der Waals surface area contributed by atoms with E-state index in [9.17, 15) is 22.8 Å². The van der Waals surface area contributed by atoms with Crippen molar-refractivity contribution in [2.45, 2.75) is 25.1 Å². The van der Waals surface area contributed by atoms with Crippen molar-refractivity contribution in [1.82, 2.24) is 10.2 Å². The molecule has 4 nitrogen and oxygen atoms in total. The van der Waals surface area contributed by atoms with Crippen LogP contribution >= 0.6 is 22.9 Å². The predicted molar refractivity (Wildman–Crippen MR) is 72.2 cm³/mol. The summed E-state index contributed by atoms with van der Waals surface area (Å²) < 4.78 is 37.4. The average Bonchev–Trinajstić information content (AvgIpc) is 2.84. The number of likely N-dealkylation sites (tertiary alicyclic amines) is 1. The Morgan fingerprint density at radius 3 is 2.76 bits per heavy atom. The fourth-order valence-electron chi connectivity index (χ4n) is 2.12. The van der Waals surface area contributed by atoms with Gasteiger partial charge in [0.05, 0.1) is 16.8 Å². The molecular formula is C12H12ClF3N2O2S. The van der Waals surface area contributed by atoms with E-state index < -0.39 is 24.7 Å². The molecule has 1 fully saturated rings. The zero-order valence-electron chi connectivity index (χ0n) is 10.7. The number of carbonyl (C=O) groups is 2. The topological polar surface area (TPSA) is 49.4 Å². The van der Waals surface area contributed by atoms with Crippen LogP contribution in [0.15, 0.2) is 12.1 Å². The highest BCUT2D eigenvalue weighted by molar-refractivity contribution is 7.16. The van der Waals surface area contributed by atoms with Crippen LogP contribution in [0, 0.1) is 0 Å². The van der Waals surface area contributed by atoms with Crippen molar-refractivity contribution in [3.8, 4) is 0 Å². The molecule has 0 radical (unpaired) electrons. The van der Waals surface area contributed by atoms with Crippen LogP contribution in [0.2, 0.25) is 4.34 Å². The molecule has 0 spiro atoms. The minimum atomic E-state index is -4.43. The van der Waals surface area contributed by atoms with Crippen LogP contribution in [0.25, 0.3) is 0 Å². The Morgan fingerprint density at radius 1 is 1.48 bits per heavy atom. The molecule has 21 heavy (non-hydrogen) atoms. The molecule has 0 saturated carbocycles. The molecule has 1 aliphatic heterocycles. The molecule has 1 N–H and O–H groups in total. The Kier molecular flexibility index (Phi) is 4.77. The number of alkyl halides is 3. The minimum absolute atomic E-state index is 0.0986. The SMILES string of the molecule is O=C(Cc1ccc(Cl)s1)N[C@H]1CC(=O)N(CC(F)(F)F)C1. The lowest BCUT2D eigenvalue weighted by molar-refractivity contribution is -0.157. The summed E-state index contributed by atoms with van der Waals surface area (Å²) in [5, 5.41) is 2.58. The maximum absolute atomic E-state index is 12.3. The fourth-order valence-corrected chi connectivity index (χ4v) is 3.21. The predicted octanol–water partition coefficient (Wildman–Crippen LogP) is 2.22. The number of halogens is 4. The molecule has 0 unspecified atom stereocenters. The molecule has 2 heterocycles. The molecule has 1 atom stereocenters. The lowest BCUT2D eigenvalue weighted by atomic mass is 10.2. The first-order valence-electron chi connectivity index (χ1n) is 6.11. The van der Waals surface area contributed by atoms with Gasteiger partial charge >= 0.3 is 6.18 Å². The van der Waals surface area contributed by atoms with Crippen molar-refractivity contribution in [2.75, 3.05) is 13.1 Å². The molecule has 2 amide bonds. The molecule has 0 aromatic carbocycles. The highest BCUT2D eigenvalue weighted by Gasteiger charge is 2.38. The summed E-state index contributed by atoms with van der Waals surface area (Å²) in [6.45, 7) is -1.39. The van der Waals surface area contributed by atoms with Gasteiger partial charge in [0.25, 0.3) is 0 Å². The first-order valence-corrected chi connectivity index (χ1v) is 7.30. The van der Waals surface area contributed by atoms with Crippen molar-refractivity contribution in [3.05, 3.63) is 21.3 Å². The lowest BCUT2D eigenvalue weighted by Gasteiger charge is -2.18. The smallest absolute Gasteiger partial charge is 0.351 e. The van der Waals surface area contributed by atoms with Crippen LogP contribution in [-0.4, -0.2) is 42.0 Å². The Labute approximate surface area is 127 Å². The summed E-state index contributed by atoms with van der Waals surface area (Å²) in [5.74, 6) is -0.933. The second-order valence-electron chi connectivity index (χ2n) is 4.74. The number of carbonyl (C=O) groups excluding carboxylic acids is 2. The molecule has 116 valence electrons. The Morgan fingerprint density at radius 2 is 2.19 bits per heavy atom. The summed E-state index contributed by atoms with van der Waals surface area (Å²) in [5.41, 5.74) is 0. The third-order valence-corrected chi connectivity index (χ3v) is 4.14. The normalized spacial score (nSPS) is 19.1. The quantitative estimate of drug-likeness (QED) is 0.913. The van der Waals surface area contributed by atoms with Crippen LogP contribution < -0.4 is 5.32 Å². The van der Waals surface area contributed by atoms with Gasteiger partial charge in [-0.05, 0) is 12.1 Å². The maximum Gasteiger partial charge on any atom is 0.406 e. The Hall–Kier alpha value is -1.28. The van der Waals surface area contributed by atoms with Gasteiger partial charge in [0, 0.05) is 17.8 Å². The van der Waals surface area contributed by atoms with Crippen LogP contribution in [0.1, 0.15) is 11.3 Å². The second kappa shape index (κ2) is 6.23. The van der Waals surface area contributed by atoms with Gasteiger partial charge in [-0.2, -0.15) is 13.2 Å². The molecule has 0 aliphatic carbocycles. The standard InChI is InChI=1S/C12H12ClF3N2O2S/c13-9-2-1-8(21-9)4-10(19)17-7-3-11(20)18(5-7)6-12(14,15)16/h1-2,7H,3-6H2,(H,17,19)/t7-/m0/s1. The van der Waals surface area contributed by atoms with Gasteiger partial charge < -0.3 is 10.2 Å². The van der Waals surface area contributed by atoms with Crippen molar-refractivity contribution < 1.29 is 22.8 Å². The van der Waals surface area contributed by atoms with Crippen molar-refractivity contribution >= 4 is 34.8 Å². The van der Waals surface area contributed by atoms with Crippen LogP contribution in [-0.2, 0) is 16.0 Å². The first-order chi connectivity index (χ1) is 9.73. The van der Waals surface area contributed by atoms with Gasteiger partial charge in [-0.1, -0.05) is 11.6 Å². The summed E-state index contributed by atoms with van der Waals surface area (Å²) in [7, 11) is 0. The third-order valence-electron chi connectivity index (χ3n) is 2.91. The number of amides is 2. The molecule has 1 aromatic rings. The average molecular weight is 341 g/mol. The second-order valence-corrected chi connectivity index (χ2v) is 6.54. The third kappa shape index (κ3) is 4.89. The first kappa shape index (κ1) is 16.1. The Bertz CT molecular complexity index is 547. The number of hydrogen-bond acceptors (Lipinski definition) is 3. The highest BCUT2D eigenvalue weighted by atomic mass is 35.5. The van der Waals surface area contributed by atoms with E-state index in [1.807, 2.05) is 0 Å². The molecule has 9 heteroatoms. The van der Waals surface area contributed by atoms with E-state index in [1.165, 1.54) is 11.3 Å². The zero-order chi connectivity index (χ0) is 15.6. The minimum Gasteiger partial charge on any atom is -0.351 e. The number of hydrogen-bond donors (Lipinski definition) is 1. The number of thiophene rings is 1. The van der Waals surface area contributed by atoms with E-state index in [-0.39, 0.29) is 25.3 Å². The van der Waals surface area contributed by atoms with Gasteiger partial charge in [0.15, 0.2) is 0 Å². The number of rotatable bonds is 4. The summed E-state index contributed by atoms with van der Waals surface area (Å²) in [4.78, 5) is 24.7. The van der Waals surface area contributed by atoms with Gasteiger partial charge in [0.1, 0.15) is 6.54 Å². The summed E-state index contributed by atoms with van der Waals surface area (Å²) in [6, 6.07) is 2.80. The zero-order valence-corrected chi connectivity index (χ0v) is 12.3. The fraction of sp³-hybridized carbons (Fsp3) is 0.500. The monoisotopic (exact) mass is 340 g/mol. The van der Waals surface area contributed by atoms with Crippen LogP contribution in [0.4, 0.5) is 13.2 Å². The van der Waals surface area contributed by atoms with Gasteiger partial charge in [0.2, 0.25) is 11.8 Å². The number of nitrogens with one attached hydrogen (secondary N) is 1. The van der Waals surface area contributed by atoms with Crippen molar-refractivity contribution in [1.29, 1.82) is 0 Å². The van der Waals surface area contributed by atoms with E-state index >= 15 is 0 Å². The maximum atomic E-state index is 12.3. The largest absolute Gasteiger partial charge is 0.406 e. The van der Waals surface area contributed by atoms with E-state index in [4.69, 9.17) is 11.6 Å². The van der Waals surface area contributed by atoms with Crippen LogP contribution in [0.3, 0.4) is 0 Å². The number of nitrogens with zero attached hydrogens (tertiary/aromatic N) is 1. The molecular weight excluding hydrogens is 329 g/mol. The Balaban J connectivity index is 1.84. The molecule has 1 aliphatic rings. The van der Waals surface area contributed by atoms with Crippen LogP contribution in [0.5, 0.6) is 0 Å². The lowest BCUT2D eigenvalue weighted by Crippen LogP contribution is -2.40. The molecule has 0 bridgehead atoms. The van der Waals surface area contributed by atoms with Crippen molar-refractivity contribution in [3.63, 3.8) is 0 Å². The van der Waals surface area contributed by atoms with E-state index in [1.54, 1.807) is 12.1 Å².